The number of hydrogen-bond donors (Lipinski definition) is 2. The molecule has 2 amide bonds. The van der Waals surface area contributed by atoms with Crippen molar-refractivity contribution in [1.29, 1.82) is 0 Å². The zero-order valence-corrected chi connectivity index (χ0v) is 20.9. The Morgan fingerprint density at radius 2 is 1.79 bits per heavy atom. The minimum atomic E-state index is -3.67. The van der Waals surface area contributed by atoms with Crippen LogP contribution in [0.1, 0.15) is 45.1 Å². The van der Waals surface area contributed by atoms with Crippen LogP contribution in [0.15, 0.2) is 47.4 Å². The van der Waals surface area contributed by atoms with Crippen LogP contribution in [0, 0.1) is 6.92 Å². The highest BCUT2D eigenvalue weighted by atomic mass is 32.2. The number of aryl methyl sites for hydroxylation is 1. The lowest BCUT2D eigenvalue weighted by molar-refractivity contribution is -0.119. The minimum Gasteiger partial charge on any atom is -0.347 e. The number of nitrogens with one attached hydrogen (secondary N) is 2. The summed E-state index contributed by atoms with van der Waals surface area (Å²) in [5.41, 5.74) is 2.48. The standard InChI is InChI=1S/C24H31N5O4S/c1-6-28(7-2)34(32,33)22-14-19(13-12-16(22)3)26-23(31)15-29-21-11-9-8-10-20(21)27-24(29)17(4)25-18(5)30/h8-14,17H,6-7,15H2,1-5H3,(H,25,30)(H,26,31)/t17-/m0/s1. The third-order valence-corrected chi connectivity index (χ3v) is 7.78. The fourth-order valence-corrected chi connectivity index (χ4v) is 5.67. The van der Waals surface area contributed by atoms with Gasteiger partial charge in [0, 0.05) is 25.7 Å². The Morgan fingerprint density at radius 1 is 1.12 bits per heavy atom. The van der Waals surface area contributed by atoms with E-state index in [0.29, 0.717) is 35.7 Å². The van der Waals surface area contributed by atoms with Crippen molar-refractivity contribution >= 4 is 38.6 Å². The van der Waals surface area contributed by atoms with E-state index in [1.54, 1.807) is 44.4 Å². The topological polar surface area (TPSA) is 113 Å². The average Bonchev–Trinajstić information content (AvgIpc) is 3.13. The van der Waals surface area contributed by atoms with Crippen LogP contribution in [0.2, 0.25) is 0 Å². The highest BCUT2D eigenvalue weighted by molar-refractivity contribution is 7.89. The maximum Gasteiger partial charge on any atom is 0.244 e. The third-order valence-electron chi connectivity index (χ3n) is 5.59. The van der Waals surface area contributed by atoms with E-state index in [2.05, 4.69) is 15.6 Å². The van der Waals surface area contributed by atoms with Gasteiger partial charge in [-0.2, -0.15) is 4.31 Å². The number of benzene rings is 2. The number of para-hydroxylation sites is 2. The Hall–Kier alpha value is -3.24. The summed E-state index contributed by atoms with van der Waals surface area (Å²) in [5, 5.41) is 5.62. The lowest BCUT2D eigenvalue weighted by Gasteiger charge is -2.20. The van der Waals surface area contributed by atoms with Crippen LogP contribution in [-0.4, -0.2) is 47.2 Å². The van der Waals surface area contributed by atoms with Gasteiger partial charge in [-0.25, -0.2) is 13.4 Å². The molecular formula is C24H31N5O4S. The van der Waals surface area contributed by atoms with E-state index >= 15 is 0 Å². The van der Waals surface area contributed by atoms with E-state index in [1.807, 2.05) is 24.3 Å². The Morgan fingerprint density at radius 3 is 2.44 bits per heavy atom. The molecule has 0 spiro atoms. The number of aromatic nitrogens is 2. The quantitative estimate of drug-likeness (QED) is 0.483. The van der Waals surface area contributed by atoms with Crippen molar-refractivity contribution < 1.29 is 18.0 Å². The largest absolute Gasteiger partial charge is 0.347 e. The van der Waals surface area contributed by atoms with E-state index in [4.69, 9.17) is 0 Å². The van der Waals surface area contributed by atoms with Crippen LogP contribution in [0.3, 0.4) is 0 Å². The Kier molecular flexibility index (Phi) is 7.73. The van der Waals surface area contributed by atoms with Crippen LogP contribution in [-0.2, 0) is 26.2 Å². The molecule has 0 radical (unpaired) electrons. The van der Waals surface area contributed by atoms with Gasteiger partial charge < -0.3 is 15.2 Å². The van der Waals surface area contributed by atoms with Gasteiger partial charge in [-0.05, 0) is 43.7 Å². The van der Waals surface area contributed by atoms with Crippen LogP contribution in [0.4, 0.5) is 5.69 Å². The summed E-state index contributed by atoms with van der Waals surface area (Å²) in [6, 6.07) is 11.9. The summed E-state index contributed by atoms with van der Waals surface area (Å²) in [4.78, 5) is 29.3. The highest BCUT2D eigenvalue weighted by Gasteiger charge is 2.24. The molecule has 0 aliphatic heterocycles. The van der Waals surface area contributed by atoms with Crippen molar-refractivity contribution in [1.82, 2.24) is 19.2 Å². The van der Waals surface area contributed by atoms with Gasteiger partial charge in [-0.1, -0.05) is 32.0 Å². The van der Waals surface area contributed by atoms with Crippen LogP contribution >= 0.6 is 0 Å². The molecule has 10 heteroatoms. The molecule has 182 valence electrons. The smallest absolute Gasteiger partial charge is 0.244 e. The summed E-state index contributed by atoms with van der Waals surface area (Å²) in [6.07, 6.45) is 0. The monoisotopic (exact) mass is 485 g/mol. The Bertz CT molecular complexity index is 1310. The molecule has 0 fully saturated rings. The second kappa shape index (κ2) is 10.4. The molecule has 1 aromatic heterocycles. The van der Waals surface area contributed by atoms with Crippen molar-refractivity contribution in [2.45, 2.75) is 52.1 Å². The fourth-order valence-electron chi connectivity index (χ4n) is 3.96. The van der Waals surface area contributed by atoms with Gasteiger partial charge in [-0.3, -0.25) is 9.59 Å². The molecule has 3 aromatic rings. The number of sulfonamides is 1. The van der Waals surface area contributed by atoms with Crippen LogP contribution in [0.25, 0.3) is 11.0 Å². The molecule has 34 heavy (non-hydrogen) atoms. The minimum absolute atomic E-state index is 0.0498. The van der Waals surface area contributed by atoms with Crippen molar-refractivity contribution in [2.75, 3.05) is 18.4 Å². The molecule has 2 aromatic carbocycles. The Labute approximate surface area is 200 Å². The second-order valence-electron chi connectivity index (χ2n) is 8.08. The SMILES string of the molecule is CCN(CC)S(=O)(=O)c1cc(NC(=O)Cn2c([C@H](C)NC(C)=O)nc3ccccc32)ccc1C. The zero-order chi connectivity index (χ0) is 25.0. The molecule has 0 saturated carbocycles. The maximum atomic E-state index is 13.0. The summed E-state index contributed by atoms with van der Waals surface area (Å²) < 4.78 is 29.2. The summed E-state index contributed by atoms with van der Waals surface area (Å²) in [5.74, 6) is 0.0203. The molecule has 0 saturated heterocycles. The number of fused-ring (bicyclic) bond motifs is 1. The lowest BCUT2D eigenvalue weighted by Crippen LogP contribution is -2.31. The van der Waals surface area contributed by atoms with Crippen molar-refractivity contribution in [3.05, 3.63) is 53.9 Å². The molecule has 0 aliphatic carbocycles. The first-order valence-electron chi connectivity index (χ1n) is 11.2. The van der Waals surface area contributed by atoms with E-state index in [0.717, 1.165) is 5.52 Å². The maximum absolute atomic E-state index is 13.0. The molecule has 0 aliphatic rings. The molecule has 3 rings (SSSR count). The van der Waals surface area contributed by atoms with Gasteiger partial charge >= 0.3 is 0 Å². The summed E-state index contributed by atoms with van der Waals surface area (Å²) >= 11 is 0. The van der Waals surface area contributed by atoms with E-state index in [1.165, 1.54) is 17.3 Å². The molecule has 1 heterocycles. The first-order chi connectivity index (χ1) is 16.1. The van der Waals surface area contributed by atoms with Crippen LogP contribution < -0.4 is 10.6 Å². The molecule has 0 bridgehead atoms. The number of hydrogen-bond acceptors (Lipinski definition) is 5. The number of anilines is 1. The number of carbonyl (C=O) groups is 2. The van der Waals surface area contributed by atoms with Crippen LogP contribution in [0.5, 0.6) is 0 Å². The third kappa shape index (κ3) is 5.28. The predicted molar refractivity (Wildman–Crippen MR) is 132 cm³/mol. The second-order valence-corrected chi connectivity index (χ2v) is 9.99. The van der Waals surface area contributed by atoms with Gasteiger partial charge in [0.15, 0.2) is 0 Å². The predicted octanol–water partition coefficient (Wildman–Crippen LogP) is 3.21. The molecule has 1 atom stereocenters. The summed E-state index contributed by atoms with van der Waals surface area (Å²) in [7, 11) is -3.67. The normalized spacial score (nSPS) is 12.6. The van der Waals surface area contributed by atoms with Crippen molar-refractivity contribution in [2.24, 2.45) is 0 Å². The van der Waals surface area contributed by atoms with Crippen molar-refractivity contribution in [3.8, 4) is 0 Å². The first-order valence-corrected chi connectivity index (χ1v) is 12.6. The van der Waals surface area contributed by atoms with E-state index < -0.39 is 16.1 Å². The number of imidazole rings is 1. The number of rotatable bonds is 9. The number of carbonyl (C=O) groups excluding carboxylic acids is 2. The Balaban J connectivity index is 1.90. The fraction of sp³-hybridized carbons (Fsp3) is 0.375. The van der Waals surface area contributed by atoms with Gasteiger partial charge in [0.2, 0.25) is 21.8 Å². The van der Waals surface area contributed by atoms with Gasteiger partial charge in [0.25, 0.3) is 0 Å². The molecular weight excluding hydrogens is 454 g/mol. The first kappa shape index (κ1) is 25.4. The lowest BCUT2D eigenvalue weighted by atomic mass is 10.2. The average molecular weight is 486 g/mol. The van der Waals surface area contributed by atoms with Crippen molar-refractivity contribution in [3.63, 3.8) is 0 Å². The van der Waals surface area contributed by atoms with E-state index in [9.17, 15) is 18.0 Å². The highest BCUT2D eigenvalue weighted by Crippen LogP contribution is 2.25. The van der Waals surface area contributed by atoms with E-state index in [-0.39, 0.29) is 23.3 Å². The molecule has 2 N–H and O–H groups in total. The van der Waals surface area contributed by atoms with Gasteiger partial charge in [0.05, 0.1) is 22.0 Å². The van der Waals surface area contributed by atoms with Gasteiger partial charge in [-0.15, -0.1) is 0 Å². The van der Waals surface area contributed by atoms with Gasteiger partial charge in [0.1, 0.15) is 12.4 Å². The zero-order valence-electron chi connectivity index (χ0n) is 20.1. The molecule has 9 nitrogen and oxygen atoms in total. The molecule has 0 unspecified atom stereocenters. The number of amides is 2. The number of nitrogens with zero attached hydrogens (tertiary/aromatic N) is 3. The summed E-state index contributed by atoms with van der Waals surface area (Å²) in [6.45, 7) is 9.21.